The Kier molecular flexibility index (Phi) is 6.60. The molecular formula is C20H26N8O2S2. The second-order valence-corrected chi connectivity index (χ2v) is 10.2. The van der Waals surface area contributed by atoms with Gasteiger partial charge in [0, 0.05) is 31.4 Å². The van der Waals surface area contributed by atoms with E-state index in [2.05, 4.69) is 19.5 Å². The summed E-state index contributed by atoms with van der Waals surface area (Å²) in [5.41, 5.74) is 13.5. The molecule has 12 heteroatoms. The first kappa shape index (κ1) is 22.5. The van der Waals surface area contributed by atoms with Crippen molar-refractivity contribution in [2.75, 3.05) is 18.8 Å². The number of primary amides is 1. The fourth-order valence-corrected chi connectivity index (χ4v) is 6.16. The number of rotatable bonds is 7. The number of anilines is 1. The maximum Gasteiger partial charge on any atom is 0.222 e. The van der Waals surface area contributed by atoms with Gasteiger partial charge in [-0.2, -0.15) is 0 Å². The molecule has 1 aliphatic rings. The van der Waals surface area contributed by atoms with Crippen LogP contribution in [-0.4, -0.2) is 54.3 Å². The van der Waals surface area contributed by atoms with Crippen LogP contribution in [0.25, 0.3) is 11.2 Å². The van der Waals surface area contributed by atoms with Gasteiger partial charge in [-0.3, -0.25) is 9.59 Å². The highest BCUT2D eigenvalue weighted by Crippen LogP contribution is 2.35. The topological polar surface area (TPSA) is 146 Å². The zero-order valence-corrected chi connectivity index (χ0v) is 19.7. The van der Waals surface area contributed by atoms with Crippen LogP contribution >= 0.6 is 23.1 Å². The Balaban J connectivity index is 1.55. The van der Waals surface area contributed by atoms with E-state index in [4.69, 9.17) is 16.5 Å². The van der Waals surface area contributed by atoms with Crippen molar-refractivity contribution in [3.8, 4) is 0 Å². The van der Waals surface area contributed by atoms with Crippen molar-refractivity contribution in [1.82, 2.24) is 29.4 Å². The number of fused-ring (bicyclic) bond motifs is 1. The van der Waals surface area contributed by atoms with E-state index in [1.807, 2.05) is 11.8 Å². The molecule has 4 heterocycles. The standard InChI is InChI=1S/C20H26N8O2S2/c1-11-14(9-15(21)30)31-20(25-11)32-19-26-16-17(22)23-10-24-18(16)28(19)8-5-13-3-6-27(7-4-13)12(2)29/h10,13H,3-9H2,1-2H3,(H2,21,30)(H2,22,23,24). The highest BCUT2D eigenvalue weighted by atomic mass is 32.2. The van der Waals surface area contributed by atoms with Crippen LogP contribution in [0.4, 0.5) is 5.82 Å². The van der Waals surface area contributed by atoms with E-state index in [0.29, 0.717) is 22.9 Å². The highest BCUT2D eigenvalue weighted by molar-refractivity contribution is 8.00. The Morgan fingerprint density at radius 3 is 2.69 bits per heavy atom. The van der Waals surface area contributed by atoms with Gasteiger partial charge >= 0.3 is 0 Å². The second-order valence-electron chi connectivity index (χ2n) is 7.95. The minimum atomic E-state index is -0.376. The molecule has 0 aromatic carbocycles. The number of nitrogens with two attached hydrogens (primary N) is 2. The first-order valence-electron chi connectivity index (χ1n) is 10.5. The lowest BCUT2D eigenvalue weighted by molar-refractivity contribution is -0.130. The molecule has 0 atom stereocenters. The highest BCUT2D eigenvalue weighted by Gasteiger charge is 2.23. The molecule has 0 bridgehead atoms. The molecule has 3 aromatic heterocycles. The number of hydrogen-bond donors (Lipinski definition) is 2. The summed E-state index contributed by atoms with van der Waals surface area (Å²) < 4.78 is 2.86. The van der Waals surface area contributed by atoms with Crippen LogP contribution in [0.3, 0.4) is 0 Å². The van der Waals surface area contributed by atoms with Gasteiger partial charge in [0.2, 0.25) is 11.8 Å². The number of aryl methyl sites for hydroxylation is 2. The van der Waals surface area contributed by atoms with Gasteiger partial charge < -0.3 is 20.9 Å². The summed E-state index contributed by atoms with van der Waals surface area (Å²) >= 11 is 2.88. The van der Waals surface area contributed by atoms with E-state index < -0.39 is 0 Å². The summed E-state index contributed by atoms with van der Waals surface area (Å²) in [6.07, 6.45) is 4.58. The molecule has 4 rings (SSSR count). The van der Waals surface area contributed by atoms with Crippen LogP contribution in [0, 0.1) is 12.8 Å². The Morgan fingerprint density at radius 2 is 2.00 bits per heavy atom. The van der Waals surface area contributed by atoms with Crippen LogP contribution in [-0.2, 0) is 22.6 Å². The number of thiazole rings is 1. The van der Waals surface area contributed by atoms with Gasteiger partial charge in [0.25, 0.3) is 0 Å². The molecule has 2 amide bonds. The third kappa shape index (κ3) is 4.85. The quantitative estimate of drug-likeness (QED) is 0.529. The van der Waals surface area contributed by atoms with Crippen LogP contribution in [0.5, 0.6) is 0 Å². The lowest BCUT2D eigenvalue weighted by Crippen LogP contribution is -2.37. The smallest absolute Gasteiger partial charge is 0.222 e. The number of carbonyl (C=O) groups is 2. The number of piperidine rings is 1. The Bertz CT molecular complexity index is 1150. The fourth-order valence-electron chi connectivity index (χ4n) is 3.91. The lowest BCUT2D eigenvalue weighted by Gasteiger charge is -2.31. The van der Waals surface area contributed by atoms with Crippen LogP contribution in [0.15, 0.2) is 15.8 Å². The number of imidazole rings is 1. The lowest BCUT2D eigenvalue weighted by atomic mass is 9.93. The number of amides is 2. The van der Waals surface area contributed by atoms with E-state index in [9.17, 15) is 9.59 Å². The van der Waals surface area contributed by atoms with Crippen LogP contribution in [0.2, 0.25) is 0 Å². The molecule has 4 N–H and O–H groups in total. The Hall–Kier alpha value is -2.73. The van der Waals surface area contributed by atoms with Gasteiger partial charge in [-0.25, -0.2) is 19.9 Å². The molecule has 32 heavy (non-hydrogen) atoms. The number of carbonyl (C=O) groups excluding carboxylic acids is 2. The first-order valence-corrected chi connectivity index (χ1v) is 12.1. The summed E-state index contributed by atoms with van der Waals surface area (Å²) in [6.45, 7) is 5.85. The van der Waals surface area contributed by atoms with Crippen LogP contribution < -0.4 is 11.5 Å². The summed E-state index contributed by atoms with van der Waals surface area (Å²) in [5, 5.41) is 0.743. The van der Waals surface area contributed by atoms with E-state index >= 15 is 0 Å². The Labute approximate surface area is 193 Å². The second kappa shape index (κ2) is 9.41. The largest absolute Gasteiger partial charge is 0.382 e. The molecule has 1 aliphatic heterocycles. The third-order valence-electron chi connectivity index (χ3n) is 5.73. The zero-order valence-electron chi connectivity index (χ0n) is 18.1. The number of nitrogen functional groups attached to an aromatic ring is 1. The first-order chi connectivity index (χ1) is 15.3. The zero-order chi connectivity index (χ0) is 22.8. The van der Waals surface area contributed by atoms with Crippen molar-refractivity contribution in [1.29, 1.82) is 0 Å². The van der Waals surface area contributed by atoms with E-state index in [1.54, 1.807) is 6.92 Å². The molecule has 0 unspecified atom stereocenters. The van der Waals surface area contributed by atoms with Gasteiger partial charge in [0.05, 0.1) is 12.1 Å². The van der Waals surface area contributed by atoms with Crippen molar-refractivity contribution in [2.45, 2.75) is 55.6 Å². The SMILES string of the molecule is CC(=O)N1CCC(CCn2c(Sc3nc(C)c(CC(N)=O)s3)nc3c(N)ncnc32)CC1. The maximum absolute atomic E-state index is 11.6. The third-order valence-corrected chi connectivity index (χ3v) is 7.94. The van der Waals surface area contributed by atoms with Gasteiger partial charge in [0.15, 0.2) is 26.5 Å². The summed E-state index contributed by atoms with van der Waals surface area (Å²) in [7, 11) is 0. The summed E-state index contributed by atoms with van der Waals surface area (Å²) in [4.78, 5) is 43.5. The van der Waals surface area contributed by atoms with E-state index in [1.165, 1.54) is 29.4 Å². The fraction of sp³-hybridized carbons (Fsp3) is 0.500. The number of nitrogens with zero attached hydrogens (tertiary/aromatic N) is 6. The molecular weight excluding hydrogens is 448 g/mol. The van der Waals surface area contributed by atoms with Crippen molar-refractivity contribution in [3.05, 3.63) is 16.9 Å². The Morgan fingerprint density at radius 1 is 1.25 bits per heavy atom. The van der Waals surface area contributed by atoms with E-state index in [0.717, 1.165) is 59.0 Å². The maximum atomic E-state index is 11.6. The van der Waals surface area contributed by atoms with Gasteiger partial charge in [-0.05, 0) is 43.9 Å². The minimum Gasteiger partial charge on any atom is -0.382 e. The predicted octanol–water partition coefficient (Wildman–Crippen LogP) is 2.00. The molecule has 10 nitrogen and oxygen atoms in total. The van der Waals surface area contributed by atoms with Gasteiger partial charge in [-0.1, -0.05) is 0 Å². The molecule has 1 saturated heterocycles. The summed E-state index contributed by atoms with van der Waals surface area (Å²) in [5.74, 6) is 0.642. The van der Waals surface area contributed by atoms with E-state index in [-0.39, 0.29) is 18.2 Å². The molecule has 0 saturated carbocycles. The molecule has 0 spiro atoms. The molecule has 0 aliphatic carbocycles. The van der Waals surface area contributed by atoms with Crippen molar-refractivity contribution < 1.29 is 9.59 Å². The monoisotopic (exact) mass is 474 g/mol. The number of likely N-dealkylation sites (tertiary alicyclic amines) is 1. The average molecular weight is 475 g/mol. The molecule has 170 valence electrons. The van der Waals surface area contributed by atoms with Gasteiger partial charge in [-0.15, -0.1) is 11.3 Å². The van der Waals surface area contributed by atoms with Crippen molar-refractivity contribution in [2.24, 2.45) is 11.7 Å². The minimum absolute atomic E-state index is 0.143. The summed E-state index contributed by atoms with van der Waals surface area (Å²) in [6, 6.07) is 0. The van der Waals surface area contributed by atoms with Crippen LogP contribution in [0.1, 0.15) is 36.8 Å². The number of aromatic nitrogens is 5. The van der Waals surface area contributed by atoms with Crippen molar-refractivity contribution in [3.63, 3.8) is 0 Å². The normalized spacial score (nSPS) is 14.9. The molecule has 3 aromatic rings. The number of hydrogen-bond acceptors (Lipinski definition) is 9. The molecule has 0 radical (unpaired) electrons. The van der Waals surface area contributed by atoms with Gasteiger partial charge in [0.1, 0.15) is 6.33 Å². The average Bonchev–Trinajstić information content (AvgIpc) is 3.27. The van der Waals surface area contributed by atoms with Crippen molar-refractivity contribution >= 4 is 51.9 Å². The molecule has 1 fully saturated rings. The predicted molar refractivity (Wildman–Crippen MR) is 123 cm³/mol.